The summed E-state index contributed by atoms with van der Waals surface area (Å²) in [5, 5.41) is 46.2. The van der Waals surface area contributed by atoms with E-state index in [0.717, 1.165) is 0 Å². The van der Waals surface area contributed by atoms with Crippen molar-refractivity contribution < 1.29 is 39.4 Å². The van der Waals surface area contributed by atoms with Crippen molar-refractivity contribution in [3.05, 3.63) is 59.2 Å². The molecule has 5 unspecified atom stereocenters. The molecule has 5 N–H and O–H groups in total. The summed E-state index contributed by atoms with van der Waals surface area (Å²) >= 11 is 0. The standard InChI is InChI=1S/C27H33NO8/c1-25(14-29)15-36-26(2,13-20(25)30)12-11-16-5-10-19-21(22(16)31)27(33,23(35-4)24(32)28-19)17-6-8-18(34-3)9-7-17/h5-12,20,23,29-31,33H,13-15H2,1-4H3,(H,28,32)/b12-11+. The van der Waals surface area contributed by atoms with Gasteiger partial charge in [0, 0.05) is 24.5 Å². The quantitative estimate of drug-likeness (QED) is 0.408. The van der Waals surface area contributed by atoms with Crippen molar-refractivity contribution in [1.29, 1.82) is 0 Å². The summed E-state index contributed by atoms with van der Waals surface area (Å²) in [5.74, 6) is -0.211. The Kier molecular flexibility index (Phi) is 6.89. The third kappa shape index (κ3) is 4.27. The summed E-state index contributed by atoms with van der Waals surface area (Å²) in [4.78, 5) is 12.8. The number of fused-ring (bicyclic) bond motifs is 1. The maximum absolute atomic E-state index is 12.8. The van der Waals surface area contributed by atoms with Gasteiger partial charge >= 0.3 is 0 Å². The van der Waals surface area contributed by atoms with E-state index < -0.39 is 34.7 Å². The minimum absolute atomic E-state index is 0.101. The zero-order chi connectivity index (χ0) is 26.3. The number of rotatable bonds is 6. The van der Waals surface area contributed by atoms with Crippen LogP contribution >= 0.6 is 0 Å². The number of hydrogen-bond donors (Lipinski definition) is 5. The average Bonchev–Trinajstić information content (AvgIpc) is 2.86. The van der Waals surface area contributed by atoms with Gasteiger partial charge in [-0.15, -0.1) is 0 Å². The fourth-order valence-corrected chi connectivity index (χ4v) is 4.82. The number of phenolic OH excluding ortho intramolecular Hbond substituents is 1. The first-order valence-corrected chi connectivity index (χ1v) is 11.7. The van der Waals surface area contributed by atoms with Crippen LogP contribution in [0.5, 0.6) is 11.5 Å². The van der Waals surface area contributed by atoms with Crippen LogP contribution in [0.3, 0.4) is 0 Å². The van der Waals surface area contributed by atoms with E-state index >= 15 is 0 Å². The highest BCUT2D eigenvalue weighted by molar-refractivity contribution is 6.00. The second kappa shape index (κ2) is 9.49. The highest BCUT2D eigenvalue weighted by atomic mass is 16.5. The molecule has 4 rings (SSSR count). The minimum atomic E-state index is -1.99. The molecule has 0 bridgehead atoms. The van der Waals surface area contributed by atoms with Crippen molar-refractivity contribution >= 4 is 17.7 Å². The molecule has 0 radical (unpaired) electrons. The van der Waals surface area contributed by atoms with Crippen molar-refractivity contribution in [3.63, 3.8) is 0 Å². The SMILES string of the molecule is COc1ccc(C2(O)c3c(ccc(/C=C/C4(C)CC(O)C(C)(CO)CO4)c3O)NC(=O)C2OC)cc1. The van der Waals surface area contributed by atoms with Crippen LogP contribution in [0.4, 0.5) is 5.69 Å². The van der Waals surface area contributed by atoms with Crippen molar-refractivity contribution in [2.24, 2.45) is 5.41 Å². The Morgan fingerprint density at radius 2 is 1.86 bits per heavy atom. The number of amides is 1. The maximum Gasteiger partial charge on any atom is 0.257 e. The van der Waals surface area contributed by atoms with E-state index in [2.05, 4.69) is 5.32 Å². The molecule has 2 aliphatic heterocycles. The Bertz CT molecular complexity index is 1170. The Morgan fingerprint density at radius 1 is 1.17 bits per heavy atom. The second-order valence-electron chi connectivity index (χ2n) is 9.99. The van der Waals surface area contributed by atoms with Crippen LogP contribution < -0.4 is 10.1 Å². The molecule has 1 amide bonds. The van der Waals surface area contributed by atoms with Crippen molar-refractivity contribution in [1.82, 2.24) is 0 Å². The predicted octanol–water partition coefficient (Wildman–Crippen LogP) is 2.16. The lowest BCUT2D eigenvalue weighted by molar-refractivity contribution is -0.166. The lowest BCUT2D eigenvalue weighted by Crippen LogP contribution is -2.52. The van der Waals surface area contributed by atoms with Gasteiger partial charge in [0.1, 0.15) is 11.5 Å². The first kappa shape index (κ1) is 26.1. The van der Waals surface area contributed by atoms with Gasteiger partial charge in [0.25, 0.3) is 5.91 Å². The van der Waals surface area contributed by atoms with E-state index in [9.17, 15) is 25.2 Å². The summed E-state index contributed by atoms with van der Waals surface area (Å²) in [6.45, 7) is 3.54. The molecule has 1 fully saturated rings. The summed E-state index contributed by atoms with van der Waals surface area (Å²) in [6.07, 6.45) is 1.53. The number of aliphatic hydroxyl groups excluding tert-OH is 2. The normalized spacial score (nSPS) is 32.2. The first-order valence-electron chi connectivity index (χ1n) is 11.7. The number of nitrogens with one attached hydrogen (secondary N) is 1. The lowest BCUT2D eigenvalue weighted by Gasteiger charge is -2.44. The Balaban J connectivity index is 1.76. The smallest absolute Gasteiger partial charge is 0.257 e. The average molecular weight is 500 g/mol. The summed E-state index contributed by atoms with van der Waals surface area (Å²) in [7, 11) is 2.84. The fourth-order valence-electron chi connectivity index (χ4n) is 4.82. The number of ether oxygens (including phenoxy) is 3. The molecule has 0 aliphatic carbocycles. The van der Waals surface area contributed by atoms with Crippen LogP contribution in [0, 0.1) is 5.41 Å². The molecule has 5 atom stereocenters. The molecule has 1 saturated heterocycles. The molecule has 36 heavy (non-hydrogen) atoms. The van der Waals surface area contributed by atoms with Crippen molar-refractivity contribution in [3.8, 4) is 11.5 Å². The largest absolute Gasteiger partial charge is 0.507 e. The van der Waals surface area contributed by atoms with E-state index in [1.807, 2.05) is 6.92 Å². The molecule has 2 aromatic rings. The molecule has 0 spiro atoms. The van der Waals surface area contributed by atoms with Crippen LogP contribution in [0.2, 0.25) is 0 Å². The van der Waals surface area contributed by atoms with Gasteiger partial charge in [-0.2, -0.15) is 0 Å². The molecule has 0 saturated carbocycles. The number of carbonyl (C=O) groups excluding carboxylic acids is 1. The van der Waals surface area contributed by atoms with Crippen LogP contribution in [-0.4, -0.2) is 71.6 Å². The Hall–Kier alpha value is -2.95. The van der Waals surface area contributed by atoms with Crippen LogP contribution in [-0.2, 0) is 19.9 Å². The fraction of sp³-hybridized carbons (Fsp3) is 0.444. The highest BCUT2D eigenvalue weighted by Gasteiger charge is 2.52. The zero-order valence-corrected chi connectivity index (χ0v) is 20.8. The Morgan fingerprint density at radius 3 is 2.44 bits per heavy atom. The molecule has 2 aliphatic rings. The van der Waals surface area contributed by atoms with Gasteiger partial charge in [0.2, 0.25) is 0 Å². The topological polar surface area (TPSA) is 138 Å². The van der Waals surface area contributed by atoms with Gasteiger partial charge in [-0.3, -0.25) is 4.79 Å². The van der Waals surface area contributed by atoms with Gasteiger partial charge in [-0.1, -0.05) is 31.2 Å². The number of phenols is 1. The van der Waals surface area contributed by atoms with Gasteiger partial charge in [-0.25, -0.2) is 0 Å². The highest BCUT2D eigenvalue weighted by Crippen LogP contribution is 2.48. The van der Waals surface area contributed by atoms with E-state index in [4.69, 9.17) is 14.2 Å². The van der Waals surface area contributed by atoms with Crippen molar-refractivity contribution in [2.75, 3.05) is 32.8 Å². The number of methoxy groups -OCH3 is 2. The molecular weight excluding hydrogens is 466 g/mol. The maximum atomic E-state index is 12.8. The van der Waals surface area contributed by atoms with Gasteiger partial charge in [0.15, 0.2) is 11.7 Å². The van der Waals surface area contributed by atoms with E-state index in [1.54, 1.807) is 55.5 Å². The van der Waals surface area contributed by atoms with E-state index in [1.165, 1.54) is 14.2 Å². The monoisotopic (exact) mass is 499 g/mol. The number of carbonyl (C=O) groups is 1. The van der Waals surface area contributed by atoms with Gasteiger partial charge in [0.05, 0.1) is 43.3 Å². The third-order valence-corrected chi connectivity index (χ3v) is 7.34. The lowest BCUT2D eigenvalue weighted by atomic mass is 9.76. The van der Waals surface area contributed by atoms with E-state index in [0.29, 0.717) is 16.9 Å². The molecule has 9 nitrogen and oxygen atoms in total. The first-order chi connectivity index (χ1) is 17.0. The summed E-state index contributed by atoms with van der Waals surface area (Å²) in [5.41, 5.74) is -2.50. The van der Waals surface area contributed by atoms with Crippen LogP contribution in [0.25, 0.3) is 6.08 Å². The molecule has 194 valence electrons. The number of aliphatic hydroxyl groups is 3. The zero-order valence-electron chi connectivity index (χ0n) is 20.8. The number of hydrogen-bond acceptors (Lipinski definition) is 8. The van der Waals surface area contributed by atoms with Gasteiger partial charge in [-0.05, 0) is 36.8 Å². The summed E-state index contributed by atoms with van der Waals surface area (Å²) < 4.78 is 16.6. The Labute approximate surface area is 209 Å². The second-order valence-corrected chi connectivity index (χ2v) is 9.99. The number of aromatic hydroxyl groups is 1. The predicted molar refractivity (Wildman–Crippen MR) is 133 cm³/mol. The van der Waals surface area contributed by atoms with Crippen molar-refractivity contribution in [2.45, 2.75) is 43.7 Å². The molecule has 0 aromatic heterocycles. The number of anilines is 1. The third-order valence-electron chi connectivity index (χ3n) is 7.34. The molecule has 2 aromatic carbocycles. The van der Waals surface area contributed by atoms with Crippen LogP contribution in [0.15, 0.2) is 42.5 Å². The molecular formula is C27H33NO8. The summed E-state index contributed by atoms with van der Waals surface area (Å²) in [6, 6.07) is 9.76. The molecule has 9 heteroatoms. The number of benzene rings is 2. The minimum Gasteiger partial charge on any atom is -0.507 e. The van der Waals surface area contributed by atoms with E-state index in [-0.39, 0.29) is 36.6 Å². The van der Waals surface area contributed by atoms with Gasteiger partial charge < -0.3 is 40.0 Å². The van der Waals surface area contributed by atoms with Crippen LogP contribution in [0.1, 0.15) is 37.0 Å². The molecule has 2 heterocycles.